The molecule has 24 heavy (non-hydrogen) atoms. The summed E-state index contributed by atoms with van der Waals surface area (Å²) in [4.78, 5) is 14.0. The normalized spacial score (nSPS) is 15.3. The molecule has 1 amide bonds. The number of nitrogens with zero attached hydrogens (tertiary/aromatic N) is 1. The van der Waals surface area contributed by atoms with E-state index < -0.39 is 17.7 Å². The van der Waals surface area contributed by atoms with E-state index in [1.807, 2.05) is 4.90 Å². The average molecular weight is 388 g/mol. The number of alkyl halides is 3. The lowest BCUT2D eigenvalue weighted by Crippen LogP contribution is -2.28. The minimum absolute atomic E-state index is 0. The van der Waals surface area contributed by atoms with E-state index in [-0.39, 0.29) is 43.0 Å². The quantitative estimate of drug-likeness (QED) is 0.828. The van der Waals surface area contributed by atoms with Crippen LogP contribution in [0.25, 0.3) is 0 Å². The second kappa shape index (κ2) is 9.34. The average Bonchev–Trinajstić information content (AvgIpc) is 2.99. The molecule has 1 atom stereocenters. The van der Waals surface area contributed by atoms with E-state index in [9.17, 15) is 18.0 Å². The lowest BCUT2D eigenvalue weighted by molar-refractivity contribution is -0.137. The largest absolute Gasteiger partial charge is 0.416 e. The fourth-order valence-corrected chi connectivity index (χ4v) is 2.41. The summed E-state index contributed by atoms with van der Waals surface area (Å²) >= 11 is 0. The topological polar surface area (TPSA) is 58.4 Å². The molecule has 0 saturated carbocycles. The predicted molar refractivity (Wildman–Crippen MR) is 94.2 cm³/mol. The Labute approximate surface area is 151 Å². The second-order valence-electron chi connectivity index (χ2n) is 5.55. The van der Waals surface area contributed by atoms with Crippen LogP contribution in [0.4, 0.5) is 24.5 Å². The Hall–Kier alpha value is -1.18. The third kappa shape index (κ3) is 5.43. The van der Waals surface area contributed by atoms with Crippen molar-refractivity contribution in [1.29, 1.82) is 0 Å². The third-order valence-electron chi connectivity index (χ3n) is 3.83. The lowest BCUT2D eigenvalue weighted by Gasteiger charge is -2.23. The third-order valence-corrected chi connectivity index (χ3v) is 3.83. The van der Waals surface area contributed by atoms with E-state index in [1.165, 1.54) is 6.07 Å². The summed E-state index contributed by atoms with van der Waals surface area (Å²) in [5.41, 5.74) is 5.49. The van der Waals surface area contributed by atoms with E-state index >= 15 is 0 Å². The van der Waals surface area contributed by atoms with Crippen molar-refractivity contribution in [2.24, 2.45) is 11.7 Å². The Bertz CT molecular complexity index is 549. The van der Waals surface area contributed by atoms with E-state index in [0.717, 1.165) is 38.1 Å². The maximum Gasteiger partial charge on any atom is 0.416 e. The van der Waals surface area contributed by atoms with Crippen molar-refractivity contribution in [3.63, 3.8) is 0 Å². The molecule has 1 unspecified atom stereocenters. The number of anilines is 2. The maximum absolute atomic E-state index is 12.9. The van der Waals surface area contributed by atoms with Gasteiger partial charge in [-0.05, 0) is 31.0 Å². The van der Waals surface area contributed by atoms with Gasteiger partial charge in [-0.1, -0.05) is 6.92 Å². The molecule has 0 aromatic heterocycles. The highest BCUT2D eigenvalue weighted by Crippen LogP contribution is 2.36. The number of nitrogens with one attached hydrogen (secondary N) is 1. The molecule has 1 aromatic carbocycles. The van der Waals surface area contributed by atoms with Crippen molar-refractivity contribution in [3.8, 4) is 0 Å². The first-order valence-electron chi connectivity index (χ1n) is 7.30. The van der Waals surface area contributed by atoms with Crippen molar-refractivity contribution in [1.82, 2.24) is 0 Å². The zero-order chi connectivity index (χ0) is 16.3. The molecule has 2 rings (SSSR count). The standard InChI is InChI=1S/C15H20F3N3O.2ClH/c1-10(9-19)14(22)20-12-8-11(15(16,17)18)4-5-13(12)21-6-2-3-7-21;;/h4-5,8,10H,2-3,6-7,9,19H2,1H3,(H,20,22);2*1H. The minimum atomic E-state index is -4.44. The van der Waals surface area contributed by atoms with Gasteiger partial charge in [0.15, 0.2) is 0 Å². The van der Waals surface area contributed by atoms with Crippen LogP contribution in [-0.2, 0) is 11.0 Å². The van der Waals surface area contributed by atoms with Crippen LogP contribution in [0.1, 0.15) is 25.3 Å². The fourth-order valence-electron chi connectivity index (χ4n) is 2.41. The highest BCUT2D eigenvalue weighted by molar-refractivity contribution is 5.96. The Morgan fingerprint density at radius 3 is 2.38 bits per heavy atom. The number of carbonyl (C=O) groups is 1. The monoisotopic (exact) mass is 387 g/mol. The number of carbonyl (C=O) groups excluding carboxylic acids is 1. The molecule has 0 radical (unpaired) electrons. The van der Waals surface area contributed by atoms with Crippen LogP contribution in [0.5, 0.6) is 0 Å². The Kier molecular flexibility index (Phi) is 8.88. The van der Waals surface area contributed by atoms with Gasteiger partial charge in [-0.15, -0.1) is 24.8 Å². The summed E-state index contributed by atoms with van der Waals surface area (Å²) < 4.78 is 38.7. The van der Waals surface area contributed by atoms with Gasteiger partial charge >= 0.3 is 6.18 Å². The number of benzene rings is 1. The molecule has 1 fully saturated rings. The number of nitrogens with two attached hydrogens (primary N) is 1. The first-order chi connectivity index (χ1) is 10.3. The summed E-state index contributed by atoms with van der Waals surface area (Å²) in [5, 5.41) is 2.59. The van der Waals surface area contributed by atoms with Crippen molar-refractivity contribution >= 4 is 42.1 Å². The van der Waals surface area contributed by atoms with Gasteiger partial charge in [0.1, 0.15) is 0 Å². The first kappa shape index (κ1) is 22.8. The van der Waals surface area contributed by atoms with Gasteiger partial charge < -0.3 is 16.0 Å². The van der Waals surface area contributed by atoms with Crippen LogP contribution in [0.3, 0.4) is 0 Å². The molecular weight excluding hydrogens is 366 g/mol. The molecule has 138 valence electrons. The van der Waals surface area contributed by atoms with Crippen molar-refractivity contribution < 1.29 is 18.0 Å². The Morgan fingerprint density at radius 1 is 1.29 bits per heavy atom. The summed E-state index contributed by atoms with van der Waals surface area (Å²) in [6.07, 6.45) is -2.45. The van der Waals surface area contributed by atoms with Gasteiger partial charge in [0.2, 0.25) is 5.91 Å². The summed E-state index contributed by atoms with van der Waals surface area (Å²) in [6, 6.07) is 3.47. The van der Waals surface area contributed by atoms with Crippen LogP contribution < -0.4 is 16.0 Å². The van der Waals surface area contributed by atoms with Gasteiger partial charge in [0, 0.05) is 25.6 Å². The Balaban J connectivity index is 0.00000264. The zero-order valence-corrected chi connectivity index (χ0v) is 14.9. The predicted octanol–water partition coefficient (Wildman–Crippen LogP) is 3.68. The van der Waals surface area contributed by atoms with Crippen molar-refractivity contribution in [3.05, 3.63) is 23.8 Å². The van der Waals surface area contributed by atoms with Gasteiger partial charge in [0.25, 0.3) is 0 Å². The van der Waals surface area contributed by atoms with Crippen LogP contribution in [0.15, 0.2) is 18.2 Å². The van der Waals surface area contributed by atoms with Crippen LogP contribution in [0, 0.1) is 5.92 Å². The van der Waals surface area contributed by atoms with E-state index in [1.54, 1.807) is 6.92 Å². The number of amides is 1. The molecule has 0 bridgehead atoms. The number of rotatable bonds is 4. The van der Waals surface area contributed by atoms with Crippen molar-refractivity contribution in [2.45, 2.75) is 25.9 Å². The first-order valence-corrected chi connectivity index (χ1v) is 7.30. The molecule has 1 aliphatic heterocycles. The summed E-state index contributed by atoms with van der Waals surface area (Å²) in [5.74, 6) is -0.830. The fraction of sp³-hybridized carbons (Fsp3) is 0.533. The number of halogens is 5. The van der Waals surface area contributed by atoms with Crippen LogP contribution in [0.2, 0.25) is 0 Å². The van der Waals surface area contributed by atoms with E-state index in [0.29, 0.717) is 5.69 Å². The molecule has 1 saturated heterocycles. The zero-order valence-electron chi connectivity index (χ0n) is 13.2. The van der Waals surface area contributed by atoms with E-state index in [2.05, 4.69) is 5.32 Å². The molecule has 1 aromatic rings. The highest BCUT2D eigenvalue weighted by atomic mass is 35.5. The van der Waals surface area contributed by atoms with Crippen LogP contribution in [-0.4, -0.2) is 25.5 Å². The summed E-state index contributed by atoms with van der Waals surface area (Å²) in [6.45, 7) is 3.34. The molecule has 0 aliphatic carbocycles. The number of hydrogen-bond acceptors (Lipinski definition) is 3. The number of hydrogen-bond donors (Lipinski definition) is 2. The molecule has 1 aliphatic rings. The SMILES string of the molecule is CC(CN)C(=O)Nc1cc(C(F)(F)F)ccc1N1CCCC1.Cl.Cl. The Morgan fingerprint density at radius 2 is 1.88 bits per heavy atom. The van der Waals surface area contributed by atoms with E-state index in [4.69, 9.17) is 5.73 Å². The van der Waals surface area contributed by atoms with Gasteiger partial charge in [-0.2, -0.15) is 13.2 Å². The smallest absolute Gasteiger partial charge is 0.370 e. The minimum Gasteiger partial charge on any atom is -0.370 e. The van der Waals surface area contributed by atoms with Crippen LogP contribution >= 0.6 is 24.8 Å². The molecular formula is C15H22Cl2F3N3O. The maximum atomic E-state index is 12.9. The molecule has 9 heteroatoms. The molecule has 4 nitrogen and oxygen atoms in total. The molecule has 1 heterocycles. The van der Waals surface area contributed by atoms with Gasteiger partial charge in [-0.3, -0.25) is 4.79 Å². The van der Waals surface area contributed by atoms with Gasteiger partial charge in [0.05, 0.1) is 16.9 Å². The molecule has 3 N–H and O–H groups in total. The highest BCUT2D eigenvalue weighted by Gasteiger charge is 2.32. The molecule has 0 spiro atoms. The summed E-state index contributed by atoms with van der Waals surface area (Å²) in [7, 11) is 0. The van der Waals surface area contributed by atoms with Crippen molar-refractivity contribution in [2.75, 3.05) is 29.9 Å². The van der Waals surface area contributed by atoms with Gasteiger partial charge in [-0.25, -0.2) is 0 Å². The second-order valence-corrected chi connectivity index (χ2v) is 5.55. The lowest BCUT2D eigenvalue weighted by atomic mass is 10.1.